The van der Waals surface area contributed by atoms with Crippen LogP contribution in [0.2, 0.25) is 0 Å². The Morgan fingerprint density at radius 3 is 2.90 bits per heavy atom. The molecule has 2 unspecified atom stereocenters. The van der Waals surface area contributed by atoms with Gasteiger partial charge >= 0.3 is 0 Å². The van der Waals surface area contributed by atoms with Gasteiger partial charge in [0.25, 0.3) is 0 Å². The molecule has 0 saturated carbocycles. The van der Waals surface area contributed by atoms with Crippen molar-refractivity contribution in [3.63, 3.8) is 0 Å². The van der Waals surface area contributed by atoms with Crippen LogP contribution >= 0.6 is 15.9 Å². The highest BCUT2D eigenvalue weighted by Gasteiger charge is 2.17. The van der Waals surface area contributed by atoms with Crippen LogP contribution in [-0.4, -0.2) is 33.9 Å². The molecule has 0 aliphatic carbocycles. The van der Waals surface area contributed by atoms with Crippen LogP contribution in [0.3, 0.4) is 0 Å². The molecule has 4 heteroatoms. The van der Waals surface area contributed by atoms with Crippen LogP contribution < -0.4 is 10.2 Å². The molecular formula is C16H25BrN2O. The predicted molar refractivity (Wildman–Crippen MR) is 88.4 cm³/mol. The number of rotatable bonds is 5. The quantitative estimate of drug-likeness (QED) is 0.886. The minimum Gasteiger partial charge on any atom is -0.381 e. The first kappa shape index (κ1) is 15.8. The zero-order valence-electron chi connectivity index (χ0n) is 12.7. The Balaban J connectivity index is 2.02. The zero-order valence-corrected chi connectivity index (χ0v) is 14.2. The van der Waals surface area contributed by atoms with Gasteiger partial charge in [-0.15, -0.1) is 0 Å². The van der Waals surface area contributed by atoms with Gasteiger partial charge in [-0.25, -0.2) is 0 Å². The van der Waals surface area contributed by atoms with E-state index in [-0.39, 0.29) is 0 Å². The van der Waals surface area contributed by atoms with Crippen molar-refractivity contribution in [3.05, 3.63) is 28.2 Å². The number of anilines is 1. The van der Waals surface area contributed by atoms with Gasteiger partial charge in [0.05, 0.1) is 6.61 Å². The van der Waals surface area contributed by atoms with E-state index < -0.39 is 0 Å². The van der Waals surface area contributed by atoms with Gasteiger partial charge in [0.15, 0.2) is 0 Å². The topological polar surface area (TPSA) is 24.5 Å². The number of hydrogen-bond acceptors (Lipinski definition) is 3. The maximum absolute atomic E-state index is 5.56. The second-order valence-electron chi connectivity index (χ2n) is 5.68. The highest BCUT2D eigenvalue weighted by atomic mass is 79.9. The number of nitrogens with one attached hydrogen (secondary N) is 1. The third-order valence-corrected chi connectivity index (χ3v) is 4.80. The average Bonchev–Trinajstić information content (AvgIpc) is 2.47. The minimum absolute atomic E-state index is 0.357. The lowest BCUT2D eigenvalue weighted by Crippen LogP contribution is -2.30. The Morgan fingerprint density at radius 1 is 1.50 bits per heavy atom. The normalized spacial score (nSPS) is 20.7. The number of benzene rings is 1. The van der Waals surface area contributed by atoms with Crippen molar-refractivity contribution in [2.75, 3.05) is 38.8 Å². The monoisotopic (exact) mass is 340 g/mol. The molecule has 0 spiro atoms. The van der Waals surface area contributed by atoms with E-state index in [0.717, 1.165) is 19.8 Å². The largest absolute Gasteiger partial charge is 0.381 e. The maximum atomic E-state index is 5.56. The first-order valence-corrected chi connectivity index (χ1v) is 8.16. The van der Waals surface area contributed by atoms with Gasteiger partial charge in [0.1, 0.15) is 0 Å². The summed E-state index contributed by atoms with van der Waals surface area (Å²) in [5.41, 5.74) is 2.56. The van der Waals surface area contributed by atoms with E-state index in [1.54, 1.807) is 0 Å². The van der Waals surface area contributed by atoms with Gasteiger partial charge < -0.3 is 15.0 Å². The summed E-state index contributed by atoms with van der Waals surface area (Å²) >= 11 is 3.69. The molecule has 20 heavy (non-hydrogen) atoms. The lowest BCUT2D eigenvalue weighted by Gasteiger charge is -2.29. The molecule has 2 atom stereocenters. The molecule has 1 aromatic rings. The maximum Gasteiger partial charge on any atom is 0.0511 e. The molecule has 2 rings (SSSR count). The van der Waals surface area contributed by atoms with Crippen molar-refractivity contribution in [2.45, 2.75) is 25.8 Å². The molecule has 112 valence electrons. The standard InChI is InChI=1S/C16H25BrN2O/c1-12(18-2)15-7-6-14(9-16(15)17)19(3)10-13-5-4-8-20-11-13/h6-7,9,12-13,18H,4-5,8,10-11H2,1-3H3. The Bertz CT molecular complexity index is 432. The third-order valence-electron chi connectivity index (χ3n) is 4.11. The average molecular weight is 341 g/mol. The summed E-state index contributed by atoms with van der Waals surface area (Å²) in [5.74, 6) is 0.656. The molecule has 0 bridgehead atoms. The summed E-state index contributed by atoms with van der Waals surface area (Å²) in [6.45, 7) is 5.07. The Morgan fingerprint density at radius 2 is 2.30 bits per heavy atom. The summed E-state index contributed by atoms with van der Waals surface area (Å²) in [6, 6.07) is 6.98. The molecule has 0 amide bonds. The smallest absolute Gasteiger partial charge is 0.0511 e. The van der Waals surface area contributed by atoms with E-state index in [0.29, 0.717) is 12.0 Å². The van der Waals surface area contributed by atoms with E-state index >= 15 is 0 Å². The fourth-order valence-electron chi connectivity index (χ4n) is 2.70. The van der Waals surface area contributed by atoms with Crippen LogP contribution in [0.1, 0.15) is 31.4 Å². The molecule has 1 saturated heterocycles. The third kappa shape index (κ3) is 3.96. The first-order valence-electron chi connectivity index (χ1n) is 7.37. The van der Waals surface area contributed by atoms with Gasteiger partial charge in [-0.1, -0.05) is 22.0 Å². The van der Waals surface area contributed by atoms with Crippen molar-refractivity contribution in [1.82, 2.24) is 5.32 Å². The Hall–Kier alpha value is -0.580. The number of hydrogen-bond donors (Lipinski definition) is 1. The van der Waals surface area contributed by atoms with E-state index in [1.165, 1.54) is 28.6 Å². The fourth-order valence-corrected chi connectivity index (χ4v) is 3.41. The number of halogens is 1. The van der Waals surface area contributed by atoms with E-state index in [1.807, 2.05) is 7.05 Å². The van der Waals surface area contributed by atoms with Crippen molar-refractivity contribution in [3.8, 4) is 0 Å². The molecule has 1 aliphatic heterocycles. The second-order valence-corrected chi connectivity index (χ2v) is 6.53. The Kier molecular flexibility index (Phi) is 5.87. The van der Waals surface area contributed by atoms with E-state index in [2.05, 4.69) is 58.3 Å². The van der Waals surface area contributed by atoms with Crippen molar-refractivity contribution in [1.29, 1.82) is 0 Å². The zero-order chi connectivity index (χ0) is 14.5. The van der Waals surface area contributed by atoms with Crippen LogP contribution in [-0.2, 0) is 4.74 Å². The molecule has 0 aromatic heterocycles. The molecular weight excluding hydrogens is 316 g/mol. The van der Waals surface area contributed by atoms with Gasteiger partial charge in [-0.2, -0.15) is 0 Å². The summed E-state index contributed by atoms with van der Waals surface area (Å²) < 4.78 is 6.73. The summed E-state index contributed by atoms with van der Waals surface area (Å²) in [5, 5.41) is 3.28. The lowest BCUT2D eigenvalue weighted by atomic mass is 10.0. The van der Waals surface area contributed by atoms with Crippen molar-refractivity contribution < 1.29 is 4.74 Å². The highest BCUT2D eigenvalue weighted by molar-refractivity contribution is 9.10. The minimum atomic E-state index is 0.357. The van der Waals surface area contributed by atoms with Crippen molar-refractivity contribution in [2.24, 2.45) is 5.92 Å². The van der Waals surface area contributed by atoms with Crippen LogP contribution in [0.5, 0.6) is 0 Å². The first-order chi connectivity index (χ1) is 9.61. The van der Waals surface area contributed by atoms with Crippen LogP contribution in [0, 0.1) is 5.92 Å². The van der Waals surface area contributed by atoms with Crippen LogP contribution in [0.15, 0.2) is 22.7 Å². The molecule has 1 aliphatic rings. The second kappa shape index (κ2) is 7.43. The Labute approximate surface area is 130 Å². The van der Waals surface area contributed by atoms with Crippen LogP contribution in [0.25, 0.3) is 0 Å². The van der Waals surface area contributed by atoms with E-state index in [9.17, 15) is 0 Å². The molecule has 1 aromatic carbocycles. The molecule has 3 nitrogen and oxygen atoms in total. The number of ether oxygens (including phenoxy) is 1. The molecule has 1 heterocycles. The van der Waals surface area contributed by atoms with Crippen LogP contribution in [0.4, 0.5) is 5.69 Å². The number of nitrogens with zero attached hydrogens (tertiary/aromatic N) is 1. The van der Waals surface area contributed by atoms with Gasteiger partial charge in [0.2, 0.25) is 0 Å². The predicted octanol–water partition coefficient (Wildman–Crippen LogP) is 3.59. The van der Waals surface area contributed by atoms with Gasteiger partial charge in [-0.05, 0) is 50.4 Å². The van der Waals surface area contributed by atoms with Crippen molar-refractivity contribution >= 4 is 21.6 Å². The van der Waals surface area contributed by atoms with Gasteiger partial charge in [-0.3, -0.25) is 0 Å². The SMILES string of the molecule is CNC(C)c1ccc(N(C)CC2CCCOC2)cc1Br. The summed E-state index contributed by atoms with van der Waals surface area (Å²) in [4.78, 5) is 2.33. The van der Waals surface area contributed by atoms with Gasteiger partial charge in [0, 0.05) is 36.4 Å². The molecule has 1 N–H and O–H groups in total. The summed E-state index contributed by atoms with van der Waals surface area (Å²) in [7, 11) is 4.15. The summed E-state index contributed by atoms with van der Waals surface area (Å²) in [6.07, 6.45) is 2.47. The lowest BCUT2D eigenvalue weighted by molar-refractivity contribution is 0.0576. The van der Waals surface area contributed by atoms with E-state index in [4.69, 9.17) is 4.74 Å². The molecule has 0 radical (unpaired) electrons. The highest BCUT2D eigenvalue weighted by Crippen LogP contribution is 2.28. The molecule has 1 fully saturated rings. The fraction of sp³-hybridized carbons (Fsp3) is 0.625.